The summed E-state index contributed by atoms with van der Waals surface area (Å²) in [5.41, 5.74) is 6.32. The lowest BCUT2D eigenvalue weighted by Gasteiger charge is -2.05. The maximum atomic E-state index is 10.5. The van der Waals surface area contributed by atoms with Crippen molar-refractivity contribution in [3.63, 3.8) is 0 Å². The highest BCUT2D eigenvalue weighted by Crippen LogP contribution is 2.20. The minimum atomic E-state index is -0.806. The zero-order valence-electron chi connectivity index (χ0n) is 10.1. The molecule has 0 saturated carbocycles. The van der Waals surface area contributed by atoms with Gasteiger partial charge >= 0.3 is 5.97 Å². The van der Waals surface area contributed by atoms with E-state index in [1.807, 2.05) is 12.1 Å². The maximum Gasteiger partial charge on any atom is 0.303 e. The highest BCUT2D eigenvalue weighted by molar-refractivity contribution is 5.67. The van der Waals surface area contributed by atoms with Gasteiger partial charge in [0.15, 0.2) is 5.75 Å². The molecule has 0 bridgehead atoms. The SMILES string of the molecule is Nc1ncc(Oc2ccc(CCC(=O)O)cc2)cn1. The van der Waals surface area contributed by atoms with Crippen LogP contribution < -0.4 is 10.5 Å². The van der Waals surface area contributed by atoms with E-state index >= 15 is 0 Å². The highest BCUT2D eigenvalue weighted by Gasteiger charge is 2.01. The summed E-state index contributed by atoms with van der Waals surface area (Å²) in [5.74, 6) is 0.510. The Labute approximate surface area is 109 Å². The first-order valence-electron chi connectivity index (χ1n) is 5.69. The fourth-order valence-electron chi connectivity index (χ4n) is 1.49. The van der Waals surface area contributed by atoms with E-state index < -0.39 is 5.97 Å². The van der Waals surface area contributed by atoms with Crippen LogP contribution in [0, 0.1) is 0 Å². The summed E-state index contributed by atoms with van der Waals surface area (Å²) in [5, 5.41) is 8.60. The summed E-state index contributed by atoms with van der Waals surface area (Å²) in [4.78, 5) is 18.1. The van der Waals surface area contributed by atoms with Crippen LogP contribution in [-0.4, -0.2) is 21.0 Å². The van der Waals surface area contributed by atoms with Crippen molar-refractivity contribution in [3.8, 4) is 11.5 Å². The van der Waals surface area contributed by atoms with Gasteiger partial charge in [-0.05, 0) is 24.1 Å². The van der Waals surface area contributed by atoms with Crippen molar-refractivity contribution in [2.45, 2.75) is 12.8 Å². The number of carboxylic acids is 1. The number of aliphatic carboxylic acids is 1. The van der Waals surface area contributed by atoms with Crippen LogP contribution in [0.15, 0.2) is 36.7 Å². The fourth-order valence-corrected chi connectivity index (χ4v) is 1.49. The summed E-state index contributed by atoms with van der Waals surface area (Å²) in [6, 6.07) is 7.20. The quantitative estimate of drug-likeness (QED) is 0.850. The van der Waals surface area contributed by atoms with Crippen LogP contribution in [0.2, 0.25) is 0 Å². The lowest BCUT2D eigenvalue weighted by Crippen LogP contribution is -1.97. The number of carboxylic acid groups (broad SMARTS) is 1. The first-order valence-corrected chi connectivity index (χ1v) is 5.69. The number of hydrogen-bond donors (Lipinski definition) is 2. The molecule has 1 aromatic carbocycles. The Balaban J connectivity index is 1.98. The lowest BCUT2D eigenvalue weighted by molar-refractivity contribution is -0.136. The van der Waals surface area contributed by atoms with Crippen LogP contribution in [-0.2, 0) is 11.2 Å². The van der Waals surface area contributed by atoms with Gasteiger partial charge in [-0.2, -0.15) is 0 Å². The average Bonchev–Trinajstić information content (AvgIpc) is 2.40. The number of benzene rings is 1. The Morgan fingerprint density at radius 2 is 1.79 bits per heavy atom. The van der Waals surface area contributed by atoms with Crippen molar-refractivity contribution in [2.75, 3.05) is 5.73 Å². The molecule has 3 N–H and O–H groups in total. The number of carbonyl (C=O) groups is 1. The number of aryl methyl sites for hydroxylation is 1. The van der Waals surface area contributed by atoms with E-state index in [1.54, 1.807) is 12.1 Å². The molecule has 6 nitrogen and oxygen atoms in total. The maximum absolute atomic E-state index is 10.5. The molecule has 2 aromatic rings. The molecule has 0 fully saturated rings. The molecular weight excluding hydrogens is 246 g/mol. The summed E-state index contributed by atoms with van der Waals surface area (Å²) in [6.07, 6.45) is 3.59. The Hall–Kier alpha value is -2.63. The molecule has 1 aromatic heterocycles. The van der Waals surface area contributed by atoms with Gasteiger partial charge < -0.3 is 15.6 Å². The molecule has 0 atom stereocenters. The zero-order chi connectivity index (χ0) is 13.7. The number of rotatable bonds is 5. The molecule has 0 spiro atoms. The van der Waals surface area contributed by atoms with E-state index in [9.17, 15) is 4.79 Å². The zero-order valence-corrected chi connectivity index (χ0v) is 10.1. The van der Waals surface area contributed by atoms with Crippen molar-refractivity contribution < 1.29 is 14.6 Å². The van der Waals surface area contributed by atoms with E-state index in [0.717, 1.165) is 5.56 Å². The van der Waals surface area contributed by atoms with Gasteiger partial charge in [-0.3, -0.25) is 4.79 Å². The molecule has 19 heavy (non-hydrogen) atoms. The fraction of sp³-hybridized carbons (Fsp3) is 0.154. The standard InChI is InChI=1S/C13H13N3O3/c14-13-15-7-11(8-16-13)19-10-4-1-9(2-5-10)3-6-12(17)18/h1-2,4-5,7-8H,3,6H2,(H,17,18)(H2,14,15,16). The van der Waals surface area contributed by atoms with Crippen LogP contribution in [0.5, 0.6) is 11.5 Å². The predicted molar refractivity (Wildman–Crippen MR) is 68.9 cm³/mol. The van der Waals surface area contributed by atoms with E-state index in [4.69, 9.17) is 15.6 Å². The van der Waals surface area contributed by atoms with Crippen LogP contribution in [0.4, 0.5) is 5.95 Å². The Bertz CT molecular complexity index is 552. The van der Waals surface area contributed by atoms with E-state index in [2.05, 4.69) is 9.97 Å². The molecule has 2 rings (SSSR count). The van der Waals surface area contributed by atoms with Crippen molar-refractivity contribution in [1.82, 2.24) is 9.97 Å². The van der Waals surface area contributed by atoms with Crippen molar-refractivity contribution in [1.29, 1.82) is 0 Å². The number of anilines is 1. The van der Waals surface area contributed by atoms with Gasteiger partial charge in [0.1, 0.15) is 5.75 Å². The largest absolute Gasteiger partial charge is 0.481 e. The van der Waals surface area contributed by atoms with Crippen LogP contribution in [0.3, 0.4) is 0 Å². The molecule has 0 radical (unpaired) electrons. The first-order chi connectivity index (χ1) is 9.13. The number of hydrogen-bond acceptors (Lipinski definition) is 5. The molecule has 0 aliphatic heterocycles. The van der Waals surface area contributed by atoms with Crippen molar-refractivity contribution in [3.05, 3.63) is 42.2 Å². The topological polar surface area (TPSA) is 98.3 Å². The third-order valence-electron chi connectivity index (χ3n) is 2.43. The first kappa shape index (κ1) is 12.8. The third kappa shape index (κ3) is 3.95. The molecule has 0 aliphatic rings. The van der Waals surface area contributed by atoms with Gasteiger partial charge in [0.05, 0.1) is 12.4 Å². The van der Waals surface area contributed by atoms with Crippen LogP contribution in [0.1, 0.15) is 12.0 Å². The molecule has 6 heteroatoms. The predicted octanol–water partition coefficient (Wildman–Crippen LogP) is 1.87. The van der Waals surface area contributed by atoms with Gasteiger partial charge in [-0.1, -0.05) is 12.1 Å². The second-order valence-electron chi connectivity index (χ2n) is 3.92. The third-order valence-corrected chi connectivity index (χ3v) is 2.43. The summed E-state index contributed by atoms with van der Waals surface area (Å²) >= 11 is 0. The molecule has 0 aliphatic carbocycles. The molecule has 0 unspecified atom stereocenters. The second-order valence-corrected chi connectivity index (χ2v) is 3.92. The van der Waals surface area contributed by atoms with Gasteiger partial charge in [0, 0.05) is 6.42 Å². The normalized spacial score (nSPS) is 10.1. The number of ether oxygens (including phenoxy) is 1. The second kappa shape index (κ2) is 5.81. The Morgan fingerprint density at radius 1 is 1.16 bits per heavy atom. The van der Waals surface area contributed by atoms with Crippen LogP contribution >= 0.6 is 0 Å². The molecule has 1 heterocycles. The molecule has 98 valence electrons. The Kier molecular flexibility index (Phi) is 3.92. The van der Waals surface area contributed by atoms with Gasteiger partial charge in [-0.25, -0.2) is 9.97 Å². The summed E-state index contributed by atoms with van der Waals surface area (Å²) in [7, 11) is 0. The van der Waals surface area contributed by atoms with Crippen LogP contribution in [0.25, 0.3) is 0 Å². The smallest absolute Gasteiger partial charge is 0.303 e. The monoisotopic (exact) mass is 259 g/mol. The van der Waals surface area contributed by atoms with Gasteiger partial charge in [0.2, 0.25) is 5.95 Å². The molecular formula is C13H13N3O3. The van der Waals surface area contributed by atoms with Crippen molar-refractivity contribution >= 4 is 11.9 Å². The average molecular weight is 259 g/mol. The van der Waals surface area contributed by atoms with Gasteiger partial charge in [-0.15, -0.1) is 0 Å². The van der Waals surface area contributed by atoms with E-state index in [-0.39, 0.29) is 12.4 Å². The molecule has 0 amide bonds. The lowest BCUT2D eigenvalue weighted by atomic mass is 10.1. The van der Waals surface area contributed by atoms with E-state index in [1.165, 1.54) is 12.4 Å². The molecule has 0 saturated heterocycles. The number of nitrogen functional groups attached to an aromatic ring is 1. The summed E-state index contributed by atoms with van der Waals surface area (Å²) in [6.45, 7) is 0. The Morgan fingerprint density at radius 3 is 2.37 bits per heavy atom. The van der Waals surface area contributed by atoms with Gasteiger partial charge in [0.25, 0.3) is 0 Å². The number of nitrogens with two attached hydrogens (primary N) is 1. The minimum absolute atomic E-state index is 0.117. The summed E-state index contributed by atoms with van der Waals surface area (Å²) < 4.78 is 5.52. The number of nitrogens with zero attached hydrogens (tertiary/aromatic N) is 2. The highest BCUT2D eigenvalue weighted by atomic mass is 16.5. The number of aromatic nitrogens is 2. The van der Waals surface area contributed by atoms with Crippen molar-refractivity contribution in [2.24, 2.45) is 0 Å². The minimum Gasteiger partial charge on any atom is -0.481 e. The van der Waals surface area contributed by atoms with E-state index in [0.29, 0.717) is 17.9 Å².